The molecule has 2 aromatic carbocycles. The summed E-state index contributed by atoms with van der Waals surface area (Å²) in [6.45, 7) is 5.97. The van der Waals surface area contributed by atoms with Gasteiger partial charge in [0.2, 0.25) is 5.89 Å². The molecule has 0 aliphatic rings. The summed E-state index contributed by atoms with van der Waals surface area (Å²) in [5.41, 5.74) is 4.62. The van der Waals surface area contributed by atoms with Crippen LogP contribution < -0.4 is 10.6 Å². The zero-order valence-corrected chi connectivity index (χ0v) is 19.4. The van der Waals surface area contributed by atoms with E-state index in [4.69, 9.17) is 4.52 Å². The van der Waals surface area contributed by atoms with E-state index in [1.54, 1.807) is 0 Å². The number of nitrogens with one attached hydrogen (secondary N) is 2. The number of carbonyl (C=O) groups excluding carboxylic acids is 1. The van der Waals surface area contributed by atoms with Crippen molar-refractivity contribution in [2.45, 2.75) is 45.7 Å². The predicted octanol–water partition coefficient (Wildman–Crippen LogP) is 4.35. The SMILES string of the molecule is CC(C)c1noc(CCCNC(=O)NCc2ccccc2-c2ccc(CN(C)C)cc2)n1. The average molecular weight is 436 g/mol. The Balaban J connectivity index is 1.47. The third-order valence-electron chi connectivity index (χ3n) is 5.07. The molecule has 2 N–H and O–H groups in total. The van der Waals surface area contributed by atoms with Gasteiger partial charge in [-0.3, -0.25) is 0 Å². The van der Waals surface area contributed by atoms with Crippen molar-refractivity contribution in [3.05, 3.63) is 71.4 Å². The highest BCUT2D eigenvalue weighted by Gasteiger charge is 2.10. The van der Waals surface area contributed by atoms with E-state index in [2.05, 4.69) is 70.1 Å². The minimum atomic E-state index is -0.186. The van der Waals surface area contributed by atoms with Gasteiger partial charge in [-0.05, 0) is 42.8 Å². The number of hydrogen-bond donors (Lipinski definition) is 2. The number of amides is 2. The van der Waals surface area contributed by atoms with Crippen molar-refractivity contribution in [2.75, 3.05) is 20.6 Å². The van der Waals surface area contributed by atoms with Crippen LogP contribution in [0.1, 0.15) is 49.0 Å². The number of aryl methyl sites for hydroxylation is 1. The Labute approximate surface area is 190 Å². The summed E-state index contributed by atoms with van der Waals surface area (Å²) in [4.78, 5) is 18.7. The van der Waals surface area contributed by atoms with Crippen molar-refractivity contribution in [3.8, 4) is 11.1 Å². The number of hydrogen-bond acceptors (Lipinski definition) is 5. The van der Waals surface area contributed by atoms with E-state index in [0.29, 0.717) is 25.4 Å². The van der Waals surface area contributed by atoms with E-state index >= 15 is 0 Å². The molecule has 0 saturated carbocycles. The zero-order chi connectivity index (χ0) is 22.9. The molecule has 32 heavy (non-hydrogen) atoms. The van der Waals surface area contributed by atoms with E-state index in [1.807, 2.05) is 32.0 Å². The summed E-state index contributed by atoms with van der Waals surface area (Å²) in [5.74, 6) is 1.58. The van der Waals surface area contributed by atoms with Gasteiger partial charge in [0.1, 0.15) is 0 Å². The molecule has 0 spiro atoms. The molecule has 7 heteroatoms. The fraction of sp³-hybridized carbons (Fsp3) is 0.400. The van der Waals surface area contributed by atoms with Crippen LogP contribution in [-0.2, 0) is 19.5 Å². The molecule has 0 atom stereocenters. The van der Waals surface area contributed by atoms with Gasteiger partial charge in [0.05, 0.1) is 0 Å². The Morgan fingerprint density at radius 3 is 2.50 bits per heavy atom. The summed E-state index contributed by atoms with van der Waals surface area (Å²) in [7, 11) is 4.13. The summed E-state index contributed by atoms with van der Waals surface area (Å²) in [6.07, 6.45) is 1.38. The molecule has 1 aromatic heterocycles. The quantitative estimate of drug-likeness (QED) is 0.463. The third kappa shape index (κ3) is 6.92. The molecule has 170 valence electrons. The van der Waals surface area contributed by atoms with Crippen LogP contribution in [0.4, 0.5) is 4.79 Å². The molecule has 0 saturated heterocycles. The lowest BCUT2D eigenvalue weighted by Gasteiger charge is -2.13. The van der Waals surface area contributed by atoms with Crippen molar-refractivity contribution in [2.24, 2.45) is 0 Å². The van der Waals surface area contributed by atoms with Crippen LogP contribution >= 0.6 is 0 Å². The lowest BCUT2D eigenvalue weighted by molar-refractivity contribution is 0.240. The second kappa shape index (κ2) is 11.4. The number of nitrogens with zero attached hydrogens (tertiary/aromatic N) is 3. The van der Waals surface area contributed by atoms with Crippen LogP contribution in [0.15, 0.2) is 53.1 Å². The molecule has 3 rings (SSSR count). The Bertz CT molecular complexity index is 996. The van der Waals surface area contributed by atoms with Gasteiger partial charge < -0.3 is 20.1 Å². The van der Waals surface area contributed by atoms with Gasteiger partial charge in [-0.2, -0.15) is 4.98 Å². The number of carbonyl (C=O) groups is 1. The van der Waals surface area contributed by atoms with Gasteiger partial charge >= 0.3 is 6.03 Å². The Hall–Kier alpha value is -3.19. The molecule has 0 fully saturated rings. The standard InChI is InChI=1S/C25H33N5O2/c1-18(2)24-28-23(32-29-24)10-7-15-26-25(31)27-16-21-8-5-6-9-22(21)20-13-11-19(12-14-20)17-30(3)4/h5-6,8-9,11-14,18H,7,10,15-17H2,1-4H3,(H2,26,27,31). The lowest BCUT2D eigenvalue weighted by atomic mass is 9.98. The first-order valence-electron chi connectivity index (χ1n) is 11.1. The molecule has 7 nitrogen and oxygen atoms in total. The molecule has 0 bridgehead atoms. The molecular weight excluding hydrogens is 402 g/mol. The average Bonchev–Trinajstić information content (AvgIpc) is 3.25. The molecule has 2 amide bonds. The van der Waals surface area contributed by atoms with Crippen molar-refractivity contribution < 1.29 is 9.32 Å². The largest absolute Gasteiger partial charge is 0.339 e. The van der Waals surface area contributed by atoms with Crippen molar-refractivity contribution in [1.29, 1.82) is 0 Å². The normalized spacial score (nSPS) is 11.2. The maximum Gasteiger partial charge on any atom is 0.315 e. The maximum absolute atomic E-state index is 12.2. The van der Waals surface area contributed by atoms with Gasteiger partial charge in [0.25, 0.3) is 0 Å². The highest BCUT2D eigenvalue weighted by atomic mass is 16.5. The van der Waals surface area contributed by atoms with E-state index in [-0.39, 0.29) is 11.9 Å². The van der Waals surface area contributed by atoms with Crippen molar-refractivity contribution in [1.82, 2.24) is 25.7 Å². The van der Waals surface area contributed by atoms with Crippen LogP contribution in [0.25, 0.3) is 11.1 Å². The van der Waals surface area contributed by atoms with Crippen molar-refractivity contribution in [3.63, 3.8) is 0 Å². The van der Waals surface area contributed by atoms with E-state index in [9.17, 15) is 4.79 Å². The maximum atomic E-state index is 12.2. The number of aromatic nitrogens is 2. The Morgan fingerprint density at radius 1 is 1.06 bits per heavy atom. The highest BCUT2D eigenvalue weighted by molar-refractivity contribution is 5.74. The van der Waals surface area contributed by atoms with Crippen LogP contribution in [0.5, 0.6) is 0 Å². The minimum Gasteiger partial charge on any atom is -0.339 e. The molecule has 3 aromatic rings. The van der Waals surface area contributed by atoms with Crippen molar-refractivity contribution >= 4 is 6.03 Å². The zero-order valence-electron chi connectivity index (χ0n) is 19.4. The highest BCUT2D eigenvalue weighted by Crippen LogP contribution is 2.24. The molecule has 0 aliphatic heterocycles. The minimum absolute atomic E-state index is 0.186. The first kappa shape index (κ1) is 23.5. The summed E-state index contributed by atoms with van der Waals surface area (Å²) in [5, 5.41) is 9.80. The van der Waals surface area contributed by atoms with E-state index in [0.717, 1.165) is 35.5 Å². The summed E-state index contributed by atoms with van der Waals surface area (Å²) in [6, 6.07) is 16.6. The van der Waals surface area contributed by atoms with Crippen LogP contribution in [0.3, 0.4) is 0 Å². The molecule has 0 aliphatic carbocycles. The van der Waals surface area contributed by atoms with Gasteiger partial charge in [-0.1, -0.05) is 67.5 Å². The number of urea groups is 1. The first-order valence-corrected chi connectivity index (χ1v) is 11.1. The predicted molar refractivity (Wildman–Crippen MR) is 126 cm³/mol. The molecule has 0 radical (unpaired) electrons. The molecule has 0 unspecified atom stereocenters. The fourth-order valence-electron chi connectivity index (χ4n) is 3.39. The molecule has 1 heterocycles. The van der Waals surface area contributed by atoms with Crippen LogP contribution in [0.2, 0.25) is 0 Å². The Kier molecular flexibility index (Phi) is 8.39. The molecular formula is C25H33N5O2. The van der Waals surface area contributed by atoms with Gasteiger partial charge in [0, 0.05) is 32.0 Å². The van der Waals surface area contributed by atoms with Crippen LogP contribution in [0, 0.1) is 0 Å². The van der Waals surface area contributed by atoms with Gasteiger partial charge in [0.15, 0.2) is 5.82 Å². The van der Waals surface area contributed by atoms with E-state index in [1.165, 1.54) is 5.56 Å². The number of benzene rings is 2. The fourth-order valence-corrected chi connectivity index (χ4v) is 3.39. The summed E-state index contributed by atoms with van der Waals surface area (Å²) < 4.78 is 5.23. The van der Waals surface area contributed by atoms with Crippen LogP contribution in [-0.4, -0.2) is 41.7 Å². The number of rotatable bonds is 10. The topological polar surface area (TPSA) is 83.3 Å². The van der Waals surface area contributed by atoms with Gasteiger partial charge in [-0.15, -0.1) is 0 Å². The second-order valence-electron chi connectivity index (χ2n) is 8.51. The van der Waals surface area contributed by atoms with Gasteiger partial charge in [-0.25, -0.2) is 4.79 Å². The second-order valence-corrected chi connectivity index (χ2v) is 8.51. The summed E-state index contributed by atoms with van der Waals surface area (Å²) >= 11 is 0. The lowest BCUT2D eigenvalue weighted by Crippen LogP contribution is -2.35. The first-order chi connectivity index (χ1) is 15.4. The Morgan fingerprint density at radius 2 is 1.81 bits per heavy atom. The smallest absolute Gasteiger partial charge is 0.315 e. The monoisotopic (exact) mass is 435 g/mol. The third-order valence-corrected chi connectivity index (χ3v) is 5.07. The van der Waals surface area contributed by atoms with E-state index < -0.39 is 0 Å².